The highest BCUT2D eigenvalue weighted by molar-refractivity contribution is 9.06. The summed E-state index contributed by atoms with van der Waals surface area (Å²) in [6.07, 6.45) is 6.16. The molecule has 0 aromatic rings. The van der Waals surface area contributed by atoms with E-state index in [9.17, 15) is 0 Å². The van der Waals surface area contributed by atoms with E-state index in [0.29, 0.717) is 19.8 Å². The molecule has 0 saturated carbocycles. The van der Waals surface area contributed by atoms with E-state index in [1.54, 1.807) is 0 Å². The number of rotatable bonds is 13. The summed E-state index contributed by atoms with van der Waals surface area (Å²) in [5, 5.41) is 0. The molecule has 0 heterocycles. The number of hydrogen-bond donors (Lipinski definition) is 0. The van der Waals surface area contributed by atoms with Gasteiger partial charge in [-0.1, -0.05) is 43.6 Å². The van der Waals surface area contributed by atoms with Crippen LogP contribution in [0, 0.1) is 0 Å². The lowest BCUT2D eigenvalue weighted by atomic mass is 10.4. The second kappa shape index (κ2) is 12.8. The second-order valence-electron chi connectivity index (χ2n) is 4.08. The van der Waals surface area contributed by atoms with Gasteiger partial charge in [-0.25, -0.2) is 0 Å². The maximum atomic E-state index is 5.71. The van der Waals surface area contributed by atoms with Crippen LogP contribution in [0.4, 0.5) is 0 Å². The van der Waals surface area contributed by atoms with Gasteiger partial charge >= 0.3 is 8.17 Å². The maximum absolute atomic E-state index is 5.71. The van der Waals surface area contributed by atoms with Crippen molar-refractivity contribution in [1.29, 1.82) is 0 Å². The smallest absolute Gasteiger partial charge is 0.153 e. The van der Waals surface area contributed by atoms with Crippen LogP contribution in [0.25, 0.3) is 0 Å². The van der Waals surface area contributed by atoms with E-state index in [1.165, 1.54) is 0 Å². The van der Waals surface area contributed by atoms with Crippen molar-refractivity contribution in [2.45, 2.75) is 59.3 Å². The molecule has 0 aliphatic carbocycles. The molecule has 0 unspecified atom stereocenters. The second-order valence-corrected chi connectivity index (χ2v) is 6.75. The largest absolute Gasteiger partial charge is 0.587 e. The Hall–Kier alpha value is 0.750. The van der Waals surface area contributed by atoms with Gasteiger partial charge in [0, 0.05) is 0 Å². The van der Waals surface area contributed by atoms with Gasteiger partial charge in [0.05, 0.1) is 0 Å². The number of hydrogen-bond acceptors (Lipinski definition) is 4. The van der Waals surface area contributed by atoms with Crippen LogP contribution in [0.15, 0.2) is 0 Å². The first-order valence-electron chi connectivity index (χ1n) is 6.87. The van der Waals surface area contributed by atoms with Gasteiger partial charge < -0.3 is 0 Å². The highest BCUT2D eigenvalue weighted by Crippen LogP contribution is 2.65. The minimum absolute atomic E-state index is 0.605. The summed E-state index contributed by atoms with van der Waals surface area (Å²) < 4.78 is 22.4. The topological polar surface area (TPSA) is 36.9 Å². The monoisotopic (exact) mass is 345 g/mol. The Kier molecular flexibility index (Phi) is 13.3. The van der Waals surface area contributed by atoms with Crippen molar-refractivity contribution in [2.24, 2.45) is 0 Å². The van der Waals surface area contributed by atoms with Crippen molar-refractivity contribution >= 4 is 24.4 Å². The molecule has 110 valence electrons. The third kappa shape index (κ3) is 8.78. The Balaban J connectivity index is 4.20. The van der Waals surface area contributed by atoms with Crippen molar-refractivity contribution in [1.82, 2.24) is 0 Å². The van der Waals surface area contributed by atoms with Gasteiger partial charge in [0.2, 0.25) is 0 Å². The Morgan fingerprint density at radius 2 is 1.06 bits per heavy atom. The fourth-order valence-corrected chi connectivity index (χ4v) is 3.29. The van der Waals surface area contributed by atoms with E-state index in [2.05, 4.69) is 37.0 Å². The van der Waals surface area contributed by atoms with E-state index in [4.69, 9.17) is 17.2 Å². The molecule has 0 N–H and O–H groups in total. The molecule has 0 aromatic heterocycles. The molecule has 0 aliphatic heterocycles. The fourth-order valence-electron chi connectivity index (χ4n) is 1.13. The summed E-state index contributed by atoms with van der Waals surface area (Å²) in [4.78, 5) is 0. The average Bonchev–Trinajstić information content (AvgIpc) is 2.39. The lowest BCUT2D eigenvalue weighted by molar-refractivity contribution is 0.0924. The molecule has 0 atom stereocenters. The van der Waals surface area contributed by atoms with Gasteiger partial charge in [0.25, 0.3) is 0 Å². The summed E-state index contributed by atoms with van der Waals surface area (Å²) in [5.74, 6) is 0. The van der Waals surface area contributed by atoms with Crippen molar-refractivity contribution in [3.63, 3.8) is 0 Å². The zero-order chi connectivity index (χ0) is 13.7. The lowest BCUT2D eigenvalue weighted by Gasteiger charge is -2.16. The average molecular weight is 346 g/mol. The van der Waals surface area contributed by atoms with E-state index in [-0.39, 0.29) is 0 Å². The van der Waals surface area contributed by atoms with Gasteiger partial charge in [-0.2, -0.15) is 13.6 Å². The van der Waals surface area contributed by atoms with Gasteiger partial charge in [-0.05, 0) is 19.3 Å². The molecule has 0 aromatic carbocycles. The van der Waals surface area contributed by atoms with Gasteiger partial charge in [-0.15, -0.1) is 0 Å². The van der Waals surface area contributed by atoms with Crippen LogP contribution in [0.1, 0.15) is 59.3 Å². The van der Waals surface area contributed by atoms with Crippen molar-refractivity contribution in [3.05, 3.63) is 0 Å². The zero-order valence-electron chi connectivity index (χ0n) is 11.8. The Morgan fingerprint density at radius 1 is 0.722 bits per heavy atom. The van der Waals surface area contributed by atoms with Crippen LogP contribution in [0.2, 0.25) is 0 Å². The van der Waals surface area contributed by atoms with Crippen LogP contribution in [-0.2, 0) is 17.2 Å². The van der Waals surface area contributed by atoms with Crippen molar-refractivity contribution in [3.8, 4) is 0 Å². The highest BCUT2D eigenvalue weighted by Gasteiger charge is 2.49. The standard InChI is InChI=1S/C12H27BrO4P/c1-4-7-10-14-18(17-13,15-11-8-5-2)16-12-9-6-3/h4-12H2,1-3H3/q+1. The van der Waals surface area contributed by atoms with Crippen LogP contribution in [0.5, 0.6) is 0 Å². The highest BCUT2D eigenvalue weighted by atomic mass is 79.9. The summed E-state index contributed by atoms with van der Waals surface area (Å²) in [6, 6.07) is 0. The predicted octanol–water partition coefficient (Wildman–Crippen LogP) is 5.44. The Bertz CT molecular complexity index is 157. The summed E-state index contributed by atoms with van der Waals surface area (Å²) in [7, 11) is -2.65. The van der Waals surface area contributed by atoms with Crippen molar-refractivity contribution in [2.75, 3.05) is 19.8 Å². The van der Waals surface area contributed by atoms with Gasteiger partial charge in [0.1, 0.15) is 19.8 Å². The molecule has 0 rings (SSSR count). The molecule has 0 saturated heterocycles. The molecule has 0 fully saturated rings. The van der Waals surface area contributed by atoms with Crippen LogP contribution >= 0.6 is 24.4 Å². The first kappa shape index (κ1) is 18.8. The molecule has 4 nitrogen and oxygen atoms in total. The maximum Gasteiger partial charge on any atom is 0.587 e. The molecule has 6 heteroatoms. The molecular formula is C12H27BrO4P+. The summed E-state index contributed by atoms with van der Waals surface area (Å²) in [6.45, 7) is 8.17. The van der Waals surface area contributed by atoms with E-state index < -0.39 is 8.17 Å². The number of unbranched alkanes of at least 4 members (excludes halogenated alkanes) is 3. The van der Waals surface area contributed by atoms with Crippen LogP contribution < -0.4 is 0 Å². The predicted molar refractivity (Wildman–Crippen MR) is 79.5 cm³/mol. The normalized spacial score (nSPS) is 12.0. The minimum Gasteiger partial charge on any atom is -0.153 e. The lowest BCUT2D eigenvalue weighted by Crippen LogP contribution is -2.10. The van der Waals surface area contributed by atoms with Gasteiger partial charge in [-0.3, -0.25) is 0 Å². The molecule has 0 amide bonds. The van der Waals surface area contributed by atoms with E-state index >= 15 is 0 Å². The fraction of sp³-hybridized carbons (Fsp3) is 1.00. The molecule has 18 heavy (non-hydrogen) atoms. The molecule has 0 spiro atoms. The minimum atomic E-state index is -2.65. The quantitative estimate of drug-likeness (QED) is 0.329. The third-order valence-electron chi connectivity index (χ3n) is 2.33. The molecule has 0 aliphatic rings. The first-order chi connectivity index (χ1) is 8.74. The molecule has 0 radical (unpaired) electrons. The number of halogens is 1. The van der Waals surface area contributed by atoms with Crippen LogP contribution in [0.3, 0.4) is 0 Å². The molecular weight excluding hydrogens is 319 g/mol. The van der Waals surface area contributed by atoms with E-state index in [1.807, 2.05) is 0 Å². The first-order valence-corrected chi connectivity index (χ1v) is 8.98. The van der Waals surface area contributed by atoms with Crippen molar-refractivity contribution < 1.29 is 17.2 Å². The third-order valence-corrected chi connectivity index (χ3v) is 5.06. The Labute approximate surface area is 121 Å². The summed E-state index contributed by atoms with van der Waals surface area (Å²) in [5.41, 5.74) is 0. The molecule has 0 bridgehead atoms. The van der Waals surface area contributed by atoms with E-state index in [0.717, 1.165) is 38.5 Å². The zero-order valence-corrected chi connectivity index (χ0v) is 14.3. The van der Waals surface area contributed by atoms with Crippen LogP contribution in [-0.4, -0.2) is 19.8 Å². The Morgan fingerprint density at radius 3 is 1.28 bits per heavy atom. The van der Waals surface area contributed by atoms with Gasteiger partial charge in [0.15, 0.2) is 16.3 Å². The SMILES string of the molecule is CCCCO[P+](OBr)(OCCCC)OCCCC. The summed E-state index contributed by atoms with van der Waals surface area (Å²) >= 11 is 3.00.